The molecule has 0 radical (unpaired) electrons. The summed E-state index contributed by atoms with van der Waals surface area (Å²) in [6, 6.07) is 0. The third-order valence-electron chi connectivity index (χ3n) is 3.59. The lowest BCUT2D eigenvalue weighted by Crippen LogP contribution is -2.31. The Morgan fingerprint density at radius 2 is 1.55 bits per heavy atom. The zero-order chi connectivity index (χ0) is 9.12. The van der Waals surface area contributed by atoms with E-state index in [1.807, 2.05) is 0 Å². The highest BCUT2D eigenvalue weighted by atomic mass is 14.3. The van der Waals surface area contributed by atoms with E-state index in [0.717, 1.165) is 0 Å². The molecular weight excluding hydrogens is 130 g/mol. The minimum Gasteiger partial charge on any atom is -0.0796 e. The van der Waals surface area contributed by atoms with Gasteiger partial charge >= 0.3 is 0 Å². The largest absolute Gasteiger partial charge is 0.0998 e. The maximum Gasteiger partial charge on any atom is 0.0998 e. The van der Waals surface area contributed by atoms with Crippen molar-refractivity contribution < 1.29 is 0 Å². The molecule has 0 bridgehead atoms. The van der Waals surface area contributed by atoms with Crippen molar-refractivity contribution in [3.63, 3.8) is 0 Å². The number of hydrogen-bond donors (Lipinski definition) is 0. The highest BCUT2D eigenvalue weighted by Crippen LogP contribution is 2.45. The van der Waals surface area contributed by atoms with Crippen LogP contribution in [0.2, 0.25) is 5.21 Å². The quantitative estimate of drug-likeness (QED) is 0.536. The van der Waals surface area contributed by atoms with Gasteiger partial charge in [-0.3, -0.25) is 0 Å². The molecule has 0 aromatic heterocycles. The van der Waals surface area contributed by atoms with Crippen molar-refractivity contribution in [2.45, 2.75) is 52.2 Å². The van der Waals surface area contributed by atoms with Crippen molar-refractivity contribution in [2.75, 3.05) is 0 Å². The van der Waals surface area contributed by atoms with Crippen LogP contribution in [0.3, 0.4) is 0 Å². The molecule has 0 nitrogen and oxygen atoms in total. The Hall–Kier alpha value is 0.130. The van der Waals surface area contributed by atoms with Gasteiger partial charge in [0.15, 0.2) is 0 Å². The topological polar surface area (TPSA) is 0 Å². The Morgan fingerprint density at radius 1 is 1.09 bits per heavy atom. The summed E-state index contributed by atoms with van der Waals surface area (Å²) in [5.41, 5.74) is 0.489. The second kappa shape index (κ2) is 3.69. The summed E-state index contributed by atoms with van der Waals surface area (Å²) in [4.78, 5) is 0. The molecule has 0 aliphatic rings. The fourth-order valence-corrected chi connectivity index (χ4v) is 1.44. The second-order valence-electron chi connectivity index (χ2n) is 4.87. The lowest BCUT2D eigenvalue weighted by Gasteiger charge is -2.41. The van der Waals surface area contributed by atoms with Crippen LogP contribution >= 0.6 is 0 Å². The SMILES string of the molecule is BC(B)(CCC)C(C)(C)CC. The molecule has 0 spiro atoms. The maximum atomic E-state index is 2.39. The van der Waals surface area contributed by atoms with Gasteiger partial charge in [-0.25, -0.2) is 0 Å². The van der Waals surface area contributed by atoms with Gasteiger partial charge in [0, 0.05) is 0 Å². The highest BCUT2D eigenvalue weighted by Gasteiger charge is 2.33. The van der Waals surface area contributed by atoms with Gasteiger partial charge < -0.3 is 0 Å². The van der Waals surface area contributed by atoms with Crippen LogP contribution in [0.1, 0.15) is 47.0 Å². The van der Waals surface area contributed by atoms with Gasteiger partial charge in [0.1, 0.15) is 0 Å². The zero-order valence-electron chi connectivity index (χ0n) is 9.12. The van der Waals surface area contributed by atoms with E-state index < -0.39 is 0 Å². The van der Waals surface area contributed by atoms with E-state index in [9.17, 15) is 0 Å². The van der Waals surface area contributed by atoms with Crippen molar-refractivity contribution in [2.24, 2.45) is 5.41 Å². The van der Waals surface area contributed by atoms with Gasteiger partial charge in [-0.1, -0.05) is 52.2 Å². The molecule has 0 aromatic rings. The van der Waals surface area contributed by atoms with Crippen molar-refractivity contribution >= 4 is 15.7 Å². The van der Waals surface area contributed by atoms with Crippen LogP contribution < -0.4 is 0 Å². The molecule has 2 heteroatoms. The van der Waals surface area contributed by atoms with E-state index in [0.29, 0.717) is 10.6 Å². The van der Waals surface area contributed by atoms with Gasteiger partial charge in [-0.15, -0.1) is 0 Å². The summed E-state index contributed by atoms with van der Waals surface area (Å²) < 4.78 is 0. The van der Waals surface area contributed by atoms with Gasteiger partial charge in [0.2, 0.25) is 0 Å². The van der Waals surface area contributed by atoms with Crippen molar-refractivity contribution in [3.05, 3.63) is 0 Å². The monoisotopic (exact) mass is 152 g/mol. The average Bonchev–Trinajstić information content (AvgIpc) is 1.87. The molecule has 11 heavy (non-hydrogen) atoms. The Balaban J connectivity index is 4.26. The Kier molecular flexibility index (Phi) is 3.73. The summed E-state index contributed by atoms with van der Waals surface area (Å²) in [7, 11) is 4.78. The molecule has 0 aliphatic carbocycles. The summed E-state index contributed by atoms with van der Waals surface area (Å²) >= 11 is 0. The standard InChI is InChI=1S/C9H22B2/c1-5-7-9(10,11)8(3,4)6-2/h5-7,10-11H2,1-4H3. The Morgan fingerprint density at radius 3 is 1.82 bits per heavy atom. The van der Waals surface area contributed by atoms with Crippen LogP contribution in [0, 0.1) is 5.41 Å². The molecular formula is C9H22B2. The van der Waals surface area contributed by atoms with Gasteiger partial charge in [-0.05, 0) is 5.41 Å². The molecule has 0 rings (SSSR count). The van der Waals surface area contributed by atoms with Gasteiger partial charge in [0.25, 0.3) is 0 Å². The summed E-state index contributed by atoms with van der Waals surface area (Å²) in [6.07, 6.45) is 3.92. The predicted molar refractivity (Wildman–Crippen MR) is 58.8 cm³/mol. The fraction of sp³-hybridized carbons (Fsp3) is 1.00. The first-order valence-electron chi connectivity index (χ1n) is 4.87. The molecule has 64 valence electrons. The maximum absolute atomic E-state index is 2.39. The molecule has 0 N–H and O–H groups in total. The minimum atomic E-state index is 0.489. The van der Waals surface area contributed by atoms with Crippen LogP contribution in [-0.4, -0.2) is 15.7 Å². The Labute approximate surface area is 74.0 Å². The molecule has 0 saturated heterocycles. The smallest absolute Gasteiger partial charge is 0.0796 e. The Bertz CT molecular complexity index is 117. The van der Waals surface area contributed by atoms with Crippen molar-refractivity contribution in [1.82, 2.24) is 0 Å². The predicted octanol–water partition coefficient (Wildman–Crippen LogP) is 1.61. The van der Waals surface area contributed by atoms with Crippen LogP contribution in [0.5, 0.6) is 0 Å². The first kappa shape index (κ1) is 11.1. The molecule has 0 aromatic carbocycles. The van der Waals surface area contributed by atoms with E-state index in [2.05, 4.69) is 43.4 Å². The molecule has 0 heterocycles. The molecule has 0 atom stereocenters. The van der Waals surface area contributed by atoms with E-state index in [1.54, 1.807) is 0 Å². The van der Waals surface area contributed by atoms with E-state index >= 15 is 0 Å². The molecule has 0 aliphatic heterocycles. The first-order valence-corrected chi connectivity index (χ1v) is 4.87. The van der Waals surface area contributed by atoms with Crippen LogP contribution in [-0.2, 0) is 0 Å². The van der Waals surface area contributed by atoms with Gasteiger partial charge in [0.05, 0.1) is 15.7 Å². The fourth-order valence-electron chi connectivity index (χ4n) is 1.44. The lowest BCUT2D eigenvalue weighted by molar-refractivity contribution is 0.280. The normalized spacial score (nSPS) is 13.5. The first-order chi connectivity index (χ1) is 4.87. The summed E-state index contributed by atoms with van der Waals surface area (Å²) in [5, 5.41) is 0.497. The van der Waals surface area contributed by atoms with E-state index in [1.165, 1.54) is 19.3 Å². The molecule has 0 saturated carbocycles. The second-order valence-corrected chi connectivity index (χ2v) is 4.87. The third-order valence-corrected chi connectivity index (χ3v) is 3.59. The zero-order valence-corrected chi connectivity index (χ0v) is 9.12. The van der Waals surface area contributed by atoms with Gasteiger partial charge in [-0.2, -0.15) is 0 Å². The number of rotatable bonds is 4. The third kappa shape index (κ3) is 2.57. The van der Waals surface area contributed by atoms with Crippen LogP contribution in [0.15, 0.2) is 0 Å². The molecule has 0 fully saturated rings. The molecule has 0 unspecified atom stereocenters. The summed E-state index contributed by atoms with van der Waals surface area (Å²) in [6.45, 7) is 9.32. The van der Waals surface area contributed by atoms with Crippen molar-refractivity contribution in [1.29, 1.82) is 0 Å². The van der Waals surface area contributed by atoms with Crippen LogP contribution in [0.25, 0.3) is 0 Å². The minimum absolute atomic E-state index is 0.489. The van der Waals surface area contributed by atoms with E-state index in [-0.39, 0.29) is 0 Å². The van der Waals surface area contributed by atoms with Crippen molar-refractivity contribution in [3.8, 4) is 0 Å². The lowest BCUT2D eigenvalue weighted by atomic mass is 9.41. The summed E-state index contributed by atoms with van der Waals surface area (Å²) in [5.74, 6) is 0. The molecule has 0 amide bonds. The van der Waals surface area contributed by atoms with Crippen LogP contribution in [0.4, 0.5) is 0 Å². The average molecular weight is 152 g/mol. The number of hydrogen-bond acceptors (Lipinski definition) is 0. The van der Waals surface area contributed by atoms with E-state index in [4.69, 9.17) is 0 Å². The highest BCUT2D eigenvalue weighted by molar-refractivity contribution is 6.40.